The lowest BCUT2D eigenvalue weighted by molar-refractivity contribution is 0.312. The Balaban J connectivity index is 1.64. The molecule has 2 aromatic heterocycles. The van der Waals surface area contributed by atoms with Crippen molar-refractivity contribution in [2.75, 3.05) is 61.1 Å². The first-order valence-corrected chi connectivity index (χ1v) is 12.4. The SMILES string of the molecule is Cc1nc(CN(C)c2cc(NS(C)(=O)=O)cc3cccnc23)cc(N2CCN(C)CC2)n1. The largest absolute Gasteiger partial charge is 0.367 e. The van der Waals surface area contributed by atoms with Gasteiger partial charge in [0.05, 0.1) is 35.4 Å². The van der Waals surface area contributed by atoms with Crippen LogP contribution in [0.15, 0.2) is 36.5 Å². The molecule has 0 saturated carbocycles. The fourth-order valence-corrected chi connectivity index (χ4v) is 4.50. The van der Waals surface area contributed by atoms with Gasteiger partial charge in [0, 0.05) is 50.9 Å². The maximum Gasteiger partial charge on any atom is 0.229 e. The Labute approximate surface area is 189 Å². The van der Waals surface area contributed by atoms with Gasteiger partial charge in [-0.1, -0.05) is 6.07 Å². The Morgan fingerprint density at radius 3 is 2.59 bits per heavy atom. The fraction of sp³-hybridized carbons (Fsp3) is 0.409. The number of nitrogens with zero attached hydrogens (tertiary/aromatic N) is 6. The number of hydrogen-bond donors (Lipinski definition) is 1. The Kier molecular flexibility index (Phi) is 6.16. The van der Waals surface area contributed by atoms with Crippen molar-refractivity contribution in [1.82, 2.24) is 19.9 Å². The van der Waals surface area contributed by atoms with Gasteiger partial charge in [-0.3, -0.25) is 9.71 Å². The molecule has 170 valence electrons. The van der Waals surface area contributed by atoms with E-state index in [0.29, 0.717) is 12.2 Å². The summed E-state index contributed by atoms with van der Waals surface area (Å²) in [6.07, 6.45) is 2.89. The zero-order valence-corrected chi connectivity index (χ0v) is 19.7. The van der Waals surface area contributed by atoms with E-state index in [-0.39, 0.29) is 0 Å². The molecule has 32 heavy (non-hydrogen) atoms. The predicted molar refractivity (Wildman–Crippen MR) is 129 cm³/mol. The molecule has 1 saturated heterocycles. The van der Waals surface area contributed by atoms with Crippen LogP contribution in [0.2, 0.25) is 0 Å². The number of aryl methyl sites for hydroxylation is 1. The van der Waals surface area contributed by atoms with Crippen LogP contribution in [0.4, 0.5) is 17.2 Å². The lowest BCUT2D eigenvalue weighted by atomic mass is 10.1. The van der Waals surface area contributed by atoms with Crippen LogP contribution in [0.5, 0.6) is 0 Å². The summed E-state index contributed by atoms with van der Waals surface area (Å²) in [7, 11) is 0.699. The lowest BCUT2D eigenvalue weighted by Crippen LogP contribution is -2.45. The van der Waals surface area contributed by atoms with Gasteiger partial charge in [0.1, 0.15) is 11.6 Å². The van der Waals surface area contributed by atoms with Gasteiger partial charge >= 0.3 is 0 Å². The topological polar surface area (TPSA) is 94.6 Å². The molecule has 0 spiro atoms. The number of aromatic nitrogens is 3. The maximum absolute atomic E-state index is 11.8. The van der Waals surface area contributed by atoms with Gasteiger partial charge in [0.15, 0.2) is 0 Å². The molecule has 1 fully saturated rings. The molecule has 10 heteroatoms. The van der Waals surface area contributed by atoms with Crippen molar-refractivity contribution in [3.8, 4) is 0 Å². The molecule has 0 bridgehead atoms. The molecule has 4 rings (SSSR count). The Morgan fingerprint density at radius 2 is 1.88 bits per heavy atom. The summed E-state index contributed by atoms with van der Waals surface area (Å²) in [5.41, 5.74) is 3.04. The molecule has 3 aromatic rings. The molecule has 0 unspecified atom stereocenters. The van der Waals surface area contributed by atoms with E-state index >= 15 is 0 Å². The number of piperazine rings is 1. The van der Waals surface area contributed by atoms with Crippen LogP contribution in [-0.4, -0.2) is 74.8 Å². The molecule has 3 heterocycles. The van der Waals surface area contributed by atoms with Crippen molar-refractivity contribution in [3.05, 3.63) is 48.0 Å². The second-order valence-electron chi connectivity index (χ2n) is 8.36. The Bertz CT molecular complexity index is 1220. The number of nitrogens with one attached hydrogen (secondary N) is 1. The van der Waals surface area contributed by atoms with Gasteiger partial charge in [-0.05, 0) is 32.2 Å². The number of sulfonamides is 1. The average Bonchev–Trinajstić information content (AvgIpc) is 2.72. The standard InChI is InChI=1S/C22H29N7O2S/c1-16-24-19(14-21(25-16)29-10-8-27(2)9-11-29)15-28(3)20-13-18(26-32(4,30)31)12-17-6-5-7-23-22(17)20/h5-7,12-14,26H,8-11,15H2,1-4H3. The van der Waals surface area contributed by atoms with Gasteiger partial charge < -0.3 is 14.7 Å². The highest BCUT2D eigenvalue weighted by Gasteiger charge is 2.18. The Morgan fingerprint density at radius 1 is 1.12 bits per heavy atom. The maximum atomic E-state index is 11.8. The summed E-state index contributed by atoms with van der Waals surface area (Å²) in [6, 6.07) is 9.41. The van der Waals surface area contributed by atoms with E-state index in [2.05, 4.69) is 36.5 Å². The molecule has 9 nitrogen and oxygen atoms in total. The summed E-state index contributed by atoms with van der Waals surface area (Å²) < 4.78 is 26.2. The van der Waals surface area contributed by atoms with Gasteiger partial charge in [-0.2, -0.15) is 0 Å². The summed E-state index contributed by atoms with van der Waals surface area (Å²) in [6.45, 7) is 6.35. The first-order valence-electron chi connectivity index (χ1n) is 10.5. The first kappa shape index (κ1) is 22.2. The first-order chi connectivity index (χ1) is 15.2. The number of rotatable bonds is 6. The highest BCUT2D eigenvalue weighted by molar-refractivity contribution is 7.92. The van der Waals surface area contributed by atoms with E-state index in [0.717, 1.165) is 66.4 Å². The molecule has 0 amide bonds. The molecule has 1 aliphatic heterocycles. The molecular weight excluding hydrogens is 426 g/mol. The second kappa shape index (κ2) is 8.87. The van der Waals surface area contributed by atoms with Crippen molar-refractivity contribution in [2.45, 2.75) is 13.5 Å². The van der Waals surface area contributed by atoms with Crippen LogP contribution >= 0.6 is 0 Å². The summed E-state index contributed by atoms with van der Waals surface area (Å²) >= 11 is 0. The van der Waals surface area contributed by atoms with E-state index in [9.17, 15) is 8.42 Å². The molecule has 1 N–H and O–H groups in total. The number of benzene rings is 1. The highest BCUT2D eigenvalue weighted by atomic mass is 32.2. The van der Waals surface area contributed by atoms with Crippen molar-refractivity contribution in [3.63, 3.8) is 0 Å². The summed E-state index contributed by atoms with van der Waals surface area (Å²) in [4.78, 5) is 20.5. The van der Waals surface area contributed by atoms with Crippen LogP contribution < -0.4 is 14.5 Å². The number of pyridine rings is 1. The lowest BCUT2D eigenvalue weighted by Gasteiger charge is -2.33. The minimum atomic E-state index is -3.39. The smallest absolute Gasteiger partial charge is 0.229 e. The van der Waals surface area contributed by atoms with Crippen LogP contribution in [0, 0.1) is 6.92 Å². The van der Waals surface area contributed by atoms with Crippen molar-refractivity contribution >= 4 is 38.1 Å². The van der Waals surface area contributed by atoms with Crippen molar-refractivity contribution < 1.29 is 8.42 Å². The summed E-state index contributed by atoms with van der Waals surface area (Å²) in [5, 5.41) is 0.861. The second-order valence-corrected chi connectivity index (χ2v) is 10.1. The molecule has 1 aliphatic rings. The Hall–Kier alpha value is -2.98. The van der Waals surface area contributed by atoms with Gasteiger partial charge in [-0.15, -0.1) is 0 Å². The van der Waals surface area contributed by atoms with E-state index in [1.807, 2.05) is 43.1 Å². The average molecular weight is 456 g/mol. The van der Waals surface area contributed by atoms with Crippen molar-refractivity contribution in [2.24, 2.45) is 0 Å². The number of likely N-dealkylation sites (N-methyl/N-ethyl adjacent to an activating group) is 1. The molecule has 1 aromatic carbocycles. The summed E-state index contributed by atoms with van der Waals surface area (Å²) in [5.74, 6) is 1.68. The quantitative estimate of drug-likeness (QED) is 0.604. The fourth-order valence-electron chi connectivity index (χ4n) is 3.96. The van der Waals surface area contributed by atoms with Gasteiger partial charge in [-0.25, -0.2) is 18.4 Å². The predicted octanol–water partition coefficient (Wildman–Crippen LogP) is 2.09. The molecule has 0 radical (unpaired) electrons. The molecule has 0 aliphatic carbocycles. The normalized spacial score (nSPS) is 15.2. The van der Waals surface area contributed by atoms with Crippen LogP contribution in [0.3, 0.4) is 0 Å². The van der Waals surface area contributed by atoms with Crippen LogP contribution in [0.1, 0.15) is 11.5 Å². The molecular formula is C22H29N7O2S. The van der Waals surface area contributed by atoms with E-state index in [4.69, 9.17) is 0 Å². The zero-order valence-electron chi connectivity index (χ0n) is 18.9. The number of fused-ring (bicyclic) bond motifs is 1. The molecule has 0 atom stereocenters. The minimum absolute atomic E-state index is 0.506. The third-order valence-corrected chi connectivity index (χ3v) is 6.11. The van der Waals surface area contributed by atoms with Crippen LogP contribution in [0.25, 0.3) is 10.9 Å². The van der Waals surface area contributed by atoms with E-state index < -0.39 is 10.0 Å². The highest BCUT2D eigenvalue weighted by Crippen LogP contribution is 2.30. The monoisotopic (exact) mass is 455 g/mol. The van der Waals surface area contributed by atoms with Crippen molar-refractivity contribution in [1.29, 1.82) is 0 Å². The van der Waals surface area contributed by atoms with E-state index in [1.165, 1.54) is 0 Å². The third kappa shape index (κ3) is 5.25. The minimum Gasteiger partial charge on any atom is -0.367 e. The van der Waals surface area contributed by atoms with Gasteiger partial charge in [0.25, 0.3) is 0 Å². The zero-order chi connectivity index (χ0) is 22.9. The number of hydrogen-bond acceptors (Lipinski definition) is 8. The third-order valence-electron chi connectivity index (χ3n) is 5.50. The van der Waals surface area contributed by atoms with Gasteiger partial charge in [0.2, 0.25) is 10.0 Å². The number of anilines is 3. The van der Waals surface area contributed by atoms with Crippen LogP contribution in [-0.2, 0) is 16.6 Å². The van der Waals surface area contributed by atoms with E-state index in [1.54, 1.807) is 12.3 Å².